The molecule has 26 heavy (non-hydrogen) atoms. The fourth-order valence-corrected chi connectivity index (χ4v) is 2.79. The first-order valence-corrected chi connectivity index (χ1v) is 8.95. The van der Waals surface area contributed by atoms with Gasteiger partial charge in [-0.1, -0.05) is 42.0 Å². The average Bonchev–Trinajstić information content (AvgIpc) is 2.63. The largest absolute Gasteiger partial charge is 0.337 e. The average molecular weight is 349 g/mol. The Bertz CT molecular complexity index is 760. The smallest absolute Gasteiger partial charge is 0.223 e. The van der Waals surface area contributed by atoms with Crippen LogP contribution in [-0.2, 0) is 17.8 Å². The standard InChI is InChI=1S/C22H27N3O/c1-18-5-4-6-19(15-18)11-12-22(26)25(14-13-24(2)3)17-21-9-7-20(16-23)8-10-21/h4-10,15H,11-14,17H2,1-3H3. The lowest BCUT2D eigenvalue weighted by atomic mass is 10.1. The third-order valence-corrected chi connectivity index (χ3v) is 4.34. The van der Waals surface area contributed by atoms with Gasteiger partial charge in [0.25, 0.3) is 0 Å². The van der Waals surface area contributed by atoms with Gasteiger partial charge in [-0.25, -0.2) is 0 Å². The highest BCUT2D eigenvalue weighted by Gasteiger charge is 2.14. The molecule has 0 unspecified atom stereocenters. The Morgan fingerprint density at radius 2 is 1.77 bits per heavy atom. The number of carbonyl (C=O) groups excluding carboxylic acids is 1. The molecule has 0 heterocycles. The summed E-state index contributed by atoms with van der Waals surface area (Å²) in [6.45, 7) is 4.16. The topological polar surface area (TPSA) is 47.3 Å². The van der Waals surface area contributed by atoms with E-state index in [4.69, 9.17) is 5.26 Å². The van der Waals surface area contributed by atoms with Gasteiger partial charge >= 0.3 is 0 Å². The number of amides is 1. The van der Waals surface area contributed by atoms with Crippen molar-refractivity contribution in [3.63, 3.8) is 0 Å². The van der Waals surface area contributed by atoms with Crippen molar-refractivity contribution in [2.24, 2.45) is 0 Å². The van der Waals surface area contributed by atoms with Crippen molar-refractivity contribution in [3.05, 3.63) is 70.8 Å². The Balaban J connectivity index is 2.01. The Kier molecular flexibility index (Phi) is 7.37. The van der Waals surface area contributed by atoms with Crippen molar-refractivity contribution in [2.75, 3.05) is 27.2 Å². The number of hydrogen-bond donors (Lipinski definition) is 0. The van der Waals surface area contributed by atoms with Crippen molar-refractivity contribution < 1.29 is 4.79 Å². The van der Waals surface area contributed by atoms with Gasteiger partial charge < -0.3 is 9.80 Å². The molecule has 0 atom stereocenters. The van der Waals surface area contributed by atoms with E-state index in [2.05, 4.69) is 36.1 Å². The van der Waals surface area contributed by atoms with E-state index in [1.807, 2.05) is 37.2 Å². The van der Waals surface area contributed by atoms with Crippen molar-refractivity contribution >= 4 is 5.91 Å². The summed E-state index contributed by atoms with van der Waals surface area (Å²) in [7, 11) is 4.02. The van der Waals surface area contributed by atoms with Crippen LogP contribution in [0.15, 0.2) is 48.5 Å². The molecule has 2 rings (SSSR count). The summed E-state index contributed by atoms with van der Waals surface area (Å²) >= 11 is 0. The predicted octanol–water partition coefficient (Wildman–Crippen LogP) is 3.39. The number of nitrogens with zero attached hydrogens (tertiary/aromatic N) is 3. The lowest BCUT2D eigenvalue weighted by Gasteiger charge is -2.25. The minimum Gasteiger partial charge on any atom is -0.337 e. The molecule has 0 radical (unpaired) electrons. The highest BCUT2D eigenvalue weighted by atomic mass is 16.2. The second-order valence-electron chi connectivity index (χ2n) is 6.92. The molecule has 0 spiro atoms. The summed E-state index contributed by atoms with van der Waals surface area (Å²) in [4.78, 5) is 16.8. The first-order chi connectivity index (χ1) is 12.5. The molecule has 0 N–H and O–H groups in total. The first kappa shape index (κ1) is 19.7. The van der Waals surface area contributed by atoms with Crippen LogP contribution in [0.2, 0.25) is 0 Å². The Morgan fingerprint density at radius 3 is 2.38 bits per heavy atom. The molecule has 4 nitrogen and oxygen atoms in total. The van der Waals surface area contributed by atoms with Crippen molar-refractivity contribution in [3.8, 4) is 6.07 Å². The third-order valence-electron chi connectivity index (χ3n) is 4.34. The number of hydrogen-bond acceptors (Lipinski definition) is 3. The number of likely N-dealkylation sites (N-methyl/N-ethyl adjacent to an activating group) is 1. The van der Waals surface area contributed by atoms with Crippen LogP contribution in [0.4, 0.5) is 0 Å². The van der Waals surface area contributed by atoms with Gasteiger partial charge in [0.1, 0.15) is 0 Å². The molecule has 4 heteroatoms. The molecule has 0 saturated carbocycles. The zero-order valence-electron chi connectivity index (χ0n) is 15.9. The summed E-state index contributed by atoms with van der Waals surface area (Å²) < 4.78 is 0. The van der Waals surface area contributed by atoms with Crippen molar-refractivity contribution in [2.45, 2.75) is 26.3 Å². The van der Waals surface area contributed by atoms with E-state index in [-0.39, 0.29) is 5.91 Å². The lowest BCUT2D eigenvalue weighted by molar-refractivity contribution is -0.131. The maximum atomic E-state index is 12.8. The summed E-state index contributed by atoms with van der Waals surface area (Å²) in [6.07, 6.45) is 1.26. The molecule has 0 aliphatic carbocycles. The van der Waals surface area contributed by atoms with Gasteiger partial charge in [0.05, 0.1) is 11.6 Å². The van der Waals surface area contributed by atoms with Crippen LogP contribution in [0.1, 0.15) is 28.7 Å². The van der Waals surface area contributed by atoms with Gasteiger partial charge in [-0.2, -0.15) is 5.26 Å². The number of benzene rings is 2. The Morgan fingerprint density at radius 1 is 1.04 bits per heavy atom. The van der Waals surface area contributed by atoms with E-state index in [1.54, 1.807) is 12.1 Å². The van der Waals surface area contributed by atoms with Crippen LogP contribution in [0.5, 0.6) is 0 Å². The molecule has 0 aromatic heterocycles. The molecular weight excluding hydrogens is 322 g/mol. The quantitative estimate of drug-likeness (QED) is 0.734. The fourth-order valence-electron chi connectivity index (χ4n) is 2.79. The molecular formula is C22H27N3O. The van der Waals surface area contributed by atoms with Crippen LogP contribution >= 0.6 is 0 Å². The van der Waals surface area contributed by atoms with Crippen LogP contribution in [-0.4, -0.2) is 42.9 Å². The van der Waals surface area contributed by atoms with Crippen LogP contribution < -0.4 is 0 Å². The Labute approximate surface area is 156 Å². The summed E-state index contributed by atoms with van der Waals surface area (Å²) in [5.74, 6) is 0.165. The second-order valence-corrected chi connectivity index (χ2v) is 6.92. The molecule has 2 aromatic carbocycles. The molecule has 0 aliphatic rings. The number of rotatable bonds is 8. The number of aryl methyl sites for hydroxylation is 2. The van der Waals surface area contributed by atoms with E-state index in [0.29, 0.717) is 25.1 Å². The minimum atomic E-state index is 0.165. The molecule has 136 valence electrons. The SMILES string of the molecule is Cc1cccc(CCC(=O)N(CCN(C)C)Cc2ccc(C#N)cc2)c1. The number of carbonyl (C=O) groups is 1. The summed E-state index contributed by atoms with van der Waals surface area (Å²) in [6, 6.07) is 17.9. The summed E-state index contributed by atoms with van der Waals surface area (Å²) in [5.41, 5.74) is 4.10. The monoisotopic (exact) mass is 349 g/mol. The molecule has 0 aliphatic heterocycles. The maximum absolute atomic E-state index is 12.8. The highest BCUT2D eigenvalue weighted by Crippen LogP contribution is 2.11. The second kappa shape index (κ2) is 9.74. The Hall–Kier alpha value is -2.64. The lowest BCUT2D eigenvalue weighted by Crippen LogP contribution is -2.36. The maximum Gasteiger partial charge on any atom is 0.223 e. The summed E-state index contributed by atoms with van der Waals surface area (Å²) in [5, 5.41) is 8.92. The van der Waals surface area contributed by atoms with Gasteiger partial charge in [0, 0.05) is 26.1 Å². The van der Waals surface area contributed by atoms with Crippen LogP contribution in [0.25, 0.3) is 0 Å². The van der Waals surface area contributed by atoms with Gasteiger partial charge in [0.2, 0.25) is 5.91 Å². The van der Waals surface area contributed by atoms with Crippen LogP contribution in [0, 0.1) is 18.3 Å². The van der Waals surface area contributed by atoms with Gasteiger partial charge in [-0.05, 0) is 50.7 Å². The molecule has 1 amide bonds. The minimum absolute atomic E-state index is 0.165. The van der Waals surface area contributed by atoms with Crippen LogP contribution in [0.3, 0.4) is 0 Å². The zero-order chi connectivity index (χ0) is 18.9. The number of nitriles is 1. The van der Waals surface area contributed by atoms with E-state index in [0.717, 1.165) is 18.5 Å². The molecule has 0 saturated heterocycles. The zero-order valence-corrected chi connectivity index (χ0v) is 15.9. The highest BCUT2D eigenvalue weighted by molar-refractivity contribution is 5.76. The van der Waals surface area contributed by atoms with E-state index in [9.17, 15) is 4.79 Å². The van der Waals surface area contributed by atoms with Gasteiger partial charge in [0.15, 0.2) is 0 Å². The van der Waals surface area contributed by atoms with Crippen molar-refractivity contribution in [1.29, 1.82) is 5.26 Å². The molecule has 0 fully saturated rings. The fraction of sp³-hybridized carbons (Fsp3) is 0.364. The molecule has 0 bridgehead atoms. The van der Waals surface area contributed by atoms with Gasteiger partial charge in [-0.15, -0.1) is 0 Å². The van der Waals surface area contributed by atoms with E-state index in [1.165, 1.54) is 11.1 Å². The van der Waals surface area contributed by atoms with Gasteiger partial charge in [-0.3, -0.25) is 4.79 Å². The first-order valence-electron chi connectivity index (χ1n) is 8.95. The molecule has 2 aromatic rings. The van der Waals surface area contributed by atoms with E-state index >= 15 is 0 Å². The van der Waals surface area contributed by atoms with Crippen molar-refractivity contribution in [1.82, 2.24) is 9.80 Å². The normalized spacial score (nSPS) is 10.6. The van der Waals surface area contributed by atoms with E-state index < -0.39 is 0 Å². The third kappa shape index (κ3) is 6.34. The predicted molar refractivity (Wildman–Crippen MR) is 105 cm³/mol.